The van der Waals surface area contributed by atoms with Gasteiger partial charge in [-0.3, -0.25) is 4.79 Å². The number of carbonyl (C=O) groups is 2. The van der Waals surface area contributed by atoms with E-state index in [-0.39, 0.29) is 18.4 Å². The van der Waals surface area contributed by atoms with Gasteiger partial charge < -0.3 is 9.47 Å². The molecule has 0 bridgehead atoms. The van der Waals surface area contributed by atoms with Crippen molar-refractivity contribution in [2.24, 2.45) is 0 Å². The first kappa shape index (κ1) is 13.8. The minimum Gasteiger partial charge on any atom is -0.468 e. The highest BCUT2D eigenvalue weighted by Gasteiger charge is 2.06. The molecule has 0 aliphatic carbocycles. The van der Waals surface area contributed by atoms with Crippen molar-refractivity contribution in [3.63, 3.8) is 0 Å². The van der Waals surface area contributed by atoms with Crippen LogP contribution in [0.2, 0.25) is 0 Å². The van der Waals surface area contributed by atoms with E-state index in [1.807, 2.05) is 6.92 Å². The molecule has 0 aliphatic heterocycles. The number of benzene rings is 1. The first-order chi connectivity index (χ1) is 8.58. The molecule has 94 valence electrons. The molecule has 18 heavy (non-hydrogen) atoms. The molecule has 1 rings (SSSR count). The van der Waals surface area contributed by atoms with Gasteiger partial charge in [-0.1, -0.05) is 11.8 Å². The third-order valence-electron chi connectivity index (χ3n) is 2.33. The molecule has 4 heteroatoms. The van der Waals surface area contributed by atoms with Crippen molar-refractivity contribution in [1.29, 1.82) is 0 Å². The lowest BCUT2D eigenvalue weighted by molar-refractivity contribution is -0.139. The van der Waals surface area contributed by atoms with Crippen molar-refractivity contribution in [2.45, 2.75) is 13.3 Å². The van der Waals surface area contributed by atoms with E-state index in [1.165, 1.54) is 14.2 Å². The molecule has 0 radical (unpaired) electrons. The van der Waals surface area contributed by atoms with Crippen LogP contribution in [-0.2, 0) is 14.3 Å². The molecule has 0 fully saturated rings. The minimum absolute atomic E-state index is 0.0503. The lowest BCUT2D eigenvalue weighted by Gasteiger charge is -2.02. The van der Waals surface area contributed by atoms with Gasteiger partial charge in [0.2, 0.25) is 0 Å². The highest BCUT2D eigenvalue weighted by Crippen LogP contribution is 2.11. The van der Waals surface area contributed by atoms with Crippen molar-refractivity contribution in [3.8, 4) is 11.8 Å². The van der Waals surface area contributed by atoms with E-state index in [0.717, 1.165) is 11.1 Å². The zero-order valence-electron chi connectivity index (χ0n) is 10.6. The number of aryl methyl sites for hydroxylation is 1. The van der Waals surface area contributed by atoms with Crippen LogP contribution in [0, 0.1) is 18.8 Å². The number of esters is 2. The molecule has 0 amide bonds. The maximum Gasteiger partial charge on any atom is 0.337 e. The van der Waals surface area contributed by atoms with Gasteiger partial charge in [-0.25, -0.2) is 4.79 Å². The van der Waals surface area contributed by atoms with Crippen LogP contribution in [0.3, 0.4) is 0 Å². The number of rotatable bonds is 2. The van der Waals surface area contributed by atoms with Crippen molar-refractivity contribution in [2.75, 3.05) is 14.2 Å². The number of hydrogen-bond donors (Lipinski definition) is 0. The van der Waals surface area contributed by atoms with Crippen molar-refractivity contribution < 1.29 is 19.1 Å². The van der Waals surface area contributed by atoms with Crippen LogP contribution in [0.4, 0.5) is 0 Å². The summed E-state index contributed by atoms with van der Waals surface area (Å²) in [6, 6.07) is 5.07. The van der Waals surface area contributed by atoms with Gasteiger partial charge in [-0.15, -0.1) is 0 Å². The number of hydrogen-bond acceptors (Lipinski definition) is 4. The largest absolute Gasteiger partial charge is 0.468 e. The van der Waals surface area contributed by atoms with Crippen molar-refractivity contribution in [1.82, 2.24) is 0 Å². The second kappa shape index (κ2) is 6.45. The van der Waals surface area contributed by atoms with Gasteiger partial charge in [0.25, 0.3) is 0 Å². The van der Waals surface area contributed by atoms with E-state index in [2.05, 4.69) is 21.3 Å². The molecule has 0 aromatic heterocycles. The van der Waals surface area contributed by atoms with E-state index in [0.29, 0.717) is 5.56 Å². The van der Waals surface area contributed by atoms with Crippen LogP contribution in [0.1, 0.15) is 27.9 Å². The van der Waals surface area contributed by atoms with Gasteiger partial charge in [-0.2, -0.15) is 0 Å². The second-order valence-corrected chi connectivity index (χ2v) is 3.58. The Hall–Kier alpha value is -2.28. The first-order valence-corrected chi connectivity index (χ1v) is 5.33. The first-order valence-electron chi connectivity index (χ1n) is 5.33. The highest BCUT2D eigenvalue weighted by molar-refractivity contribution is 5.89. The third-order valence-corrected chi connectivity index (χ3v) is 2.33. The van der Waals surface area contributed by atoms with Gasteiger partial charge >= 0.3 is 11.9 Å². The topological polar surface area (TPSA) is 52.6 Å². The Morgan fingerprint density at radius 2 is 1.94 bits per heavy atom. The average Bonchev–Trinajstić information content (AvgIpc) is 2.39. The Labute approximate surface area is 106 Å². The normalized spacial score (nSPS) is 9.06. The van der Waals surface area contributed by atoms with Crippen LogP contribution in [0.15, 0.2) is 18.2 Å². The molecular weight excluding hydrogens is 232 g/mol. The quantitative estimate of drug-likeness (QED) is 0.588. The van der Waals surface area contributed by atoms with Crippen LogP contribution in [0.5, 0.6) is 0 Å². The number of ether oxygens (including phenoxy) is 2. The van der Waals surface area contributed by atoms with Gasteiger partial charge in [0.15, 0.2) is 0 Å². The zero-order chi connectivity index (χ0) is 13.5. The molecule has 1 aromatic carbocycles. The predicted molar refractivity (Wildman–Crippen MR) is 66.0 cm³/mol. The number of carbonyl (C=O) groups excluding carboxylic acids is 2. The molecule has 0 N–H and O–H groups in total. The average molecular weight is 246 g/mol. The van der Waals surface area contributed by atoms with Crippen molar-refractivity contribution in [3.05, 3.63) is 34.9 Å². The molecule has 0 saturated carbocycles. The van der Waals surface area contributed by atoms with Gasteiger partial charge in [0.05, 0.1) is 19.8 Å². The Bertz CT molecular complexity index is 520. The fourth-order valence-electron chi connectivity index (χ4n) is 1.33. The fraction of sp³-hybridized carbons (Fsp3) is 0.286. The second-order valence-electron chi connectivity index (χ2n) is 3.58. The molecule has 0 saturated heterocycles. The molecule has 0 spiro atoms. The van der Waals surface area contributed by atoms with E-state index < -0.39 is 0 Å². The summed E-state index contributed by atoms with van der Waals surface area (Å²) >= 11 is 0. The zero-order valence-corrected chi connectivity index (χ0v) is 10.6. The van der Waals surface area contributed by atoms with E-state index in [1.54, 1.807) is 18.2 Å². The molecular formula is C14H14O4. The Kier molecular flexibility index (Phi) is 4.94. The van der Waals surface area contributed by atoms with Gasteiger partial charge in [-0.05, 0) is 30.7 Å². The number of methoxy groups -OCH3 is 2. The Morgan fingerprint density at radius 3 is 2.50 bits per heavy atom. The lowest BCUT2D eigenvalue weighted by atomic mass is 10.1. The van der Waals surface area contributed by atoms with Crippen molar-refractivity contribution >= 4 is 11.9 Å². The molecule has 0 aliphatic rings. The predicted octanol–water partition coefficient (Wildman–Crippen LogP) is 1.70. The summed E-state index contributed by atoms with van der Waals surface area (Å²) in [6.45, 7) is 1.84. The van der Waals surface area contributed by atoms with E-state index in [4.69, 9.17) is 0 Å². The fourth-order valence-corrected chi connectivity index (χ4v) is 1.33. The monoisotopic (exact) mass is 246 g/mol. The Morgan fingerprint density at radius 1 is 1.22 bits per heavy atom. The van der Waals surface area contributed by atoms with Crippen LogP contribution < -0.4 is 0 Å². The van der Waals surface area contributed by atoms with E-state index >= 15 is 0 Å². The van der Waals surface area contributed by atoms with Crippen LogP contribution in [0.25, 0.3) is 0 Å². The van der Waals surface area contributed by atoms with Crippen LogP contribution >= 0.6 is 0 Å². The summed E-state index contributed by atoms with van der Waals surface area (Å²) in [5.41, 5.74) is 2.11. The summed E-state index contributed by atoms with van der Waals surface area (Å²) in [5, 5.41) is 0. The van der Waals surface area contributed by atoms with Gasteiger partial charge in [0.1, 0.15) is 6.42 Å². The third kappa shape index (κ3) is 3.63. The molecule has 0 unspecified atom stereocenters. The maximum absolute atomic E-state index is 11.3. The van der Waals surface area contributed by atoms with E-state index in [9.17, 15) is 9.59 Å². The smallest absolute Gasteiger partial charge is 0.337 e. The SMILES string of the molecule is COC(=O)CC#Cc1ccc(C(=O)OC)cc1C. The summed E-state index contributed by atoms with van der Waals surface area (Å²) in [5.74, 6) is 4.82. The summed E-state index contributed by atoms with van der Waals surface area (Å²) in [6.07, 6.45) is 0.0503. The molecule has 0 heterocycles. The van der Waals surface area contributed by atoms with Gasteiger partial charge in [0, 0.05) is 5.56 Å². The summed E-state index contributed by atoms with van der Waals surface area (Å²) in [4.78, 5) is 22.2. The summed E-state index contributed by atoms with van der Waals surface area (Å²) in [7, 11) is 2.65. The molecule has 0 atom stereocenters. The van der Waals surface area contributed by atoms with Crippen LogP contribution in [-0.4, -0.2) is 26.2 Å². The lowest BCUT2D eigenvalue weighted by Crippen LogP contribution is -2.01. The summed E-state index contributed by atoms with van der Waals surface area (Å²) < 4.78 is 9.10. The molecule has 4 nitrogen and oxygen atoms in total. The minimum atomic E-state index is -0.382. The molecule has 1 aromatic rings. The highest BCUT2D eigenvalue weighted by atomic mass is 16.5. The Balaban J connectivity index is 2.86. The maximum atomic E-state index is 11.3. The standard InChI is InChI=1S/C14H14O4/c1-10-9-12(14(16)18-3)8-7-11(10)5-4-6-13(15)17-2/h7-9H,6H2,1-3H3.